The molecule has 196 valence electrons. The number of hydrogen-bond donors (Lipinski definition) is 0. The smallest absolute Gasteiger partial charge is 0.157 e. The second-order valence-corrected chi connectivity index (χ2v) is 12.9. The van der Waals surface area contributed by atoms with Gasteiger partial charge in [-0.3, -0.25) is 4.79 Å². The number of methoxy groups -OCH3 is 2. The minimum atomic E-state index is 0.107. The van der Waals surface area contributed by atoms with Crippen LogP contribution >= 0.6 is 0 Å². The molecule has 36 heavy (non-hydrogen) atoms. The van der Waals surface area contributed by atoms with Crippen LogP contribution in [0.2, 0.25) is 0 Å². The van der Waals surface area contributed by atoms with Gasteiger partial charge in [0.2, 0.25) is 0 Å². The fourth-order valence-corrected chi connectivity index (χ4v) is 9.79. The molecular formula is C30H43N3O3. The number of ether oxygens (including phenoxy) is 2. The molecule has 4 fully saturated rings. The number of Topliss-reactive ketones (excluding diaryl/α,β-unsaturated/α-hetero) is 1. The molecule has 8 atom stereocenters. The highest BCUT2D eigenvalue weighted by molar-refractivity contribution is 5.84. The summed E-state index contributed by atoms with van der Waals surface area (Å²) in [5.41, 5.74) is 2.15. The lowest BCUT2D eigenvalue weighted by Gasteiger charge is -2.61. The number of rotatable bonds is 6. The van der Waals surface area contributed by atoms with Crippen molar-refractivity contribution in [1.82, 2.24) is 15.0 Å². The van der Waals surface area contributed by atoms with E-state index in [4.69, 9.17) is 9.47 Å². The Morgan fingerprint density at radius 3 is 2.75 bits per heavy atom. The molecule has 4 aliphatic rings. The average molecular weight is 494 g/mol. The number of nitrogens with zero attached hydrogens (tertiary/aromatic N) is 3. The molecule has 0 radical (unpaired) electrons. The van der Waals surface area contributed by atoms with Gasteiger partial charge in [-0.2, -0.15) is 0 Å². The van der Waals surface area contributed by atoms with Gasteiger partial charge in [0.15, 0.2) is 5.78 Å². The SMILES string of the molecule is COCC12CCC(C)CC1CCC1C3CCC(C(=O)Cn4nnc5ccc(OC)cc54)C3(C)CCC12. The molecule has 0 spiro atoms. The van der Waals surface area contributed by atoms with Crippen LogP contribution < -0.4 is 4.74 Å². The van der Waals surface area contributed by atoms with Crippen LogP contribution in [0.4, 0.5) is 0 Å². The van der Waals surface area contributed by atoms with Crippen molar-refractivity contribution in [3.05, 3.63) is 18.2 Å². The van der Waals surface area contributed by atoms with Gasteiger partial charge in [-0.15, -0.1) is 5.10 Å². The maximum atomic E-state index is 13.8. The first kappa shape index (κ1) is 24.4. The molecule has 4 aliphatic carbocycles. The Kier molecular flexibility index (Phi) is 6.17. The quantitative estimate of drug-likeness (QED) is 0.499. The minimum Gasteiger partial charge on any atom is -0.497 e. The molecular weight excluding hydrogens is 450 g/mol. The molecule has 0 amide bonds. The Morgan fingerprint density at radius 1 is 1.08 bits per heavy atom. The van der Waals surface area contributed by atoms with E-state index in [2.05, 4.69) is 24.2 Å². The highest BCUT2D eigenvalue weighted by atomic mass is 16.5. The maximum Gasteiger partial charge on any atom is 0.157 e. The third kappa shape index (κ3) is 3.65. The lowest BCUT2D eigenvalue weighted by atomic mass is 9.44. The lowest BCUT2D eigenvalue weighted by molar-refractivity contribution is -0.154. The standard InChI is InChI=1S/C30H43N3O3/c1-19-11-14-30(18-35-3)20(15-19)5-7-22-23-8-9-25(29(23,2)13-12-24(22)30)28(34)17-33-27-16-21(36-4)6-10-26(27)31-32-33/h6,10,16,19-20,22-25H,5,7-9,11-15,17-18H2,1-4H3. The fraction of sp³-hybridized carbons (Fsp3) is 0.767. The summed E-state index contributed by atoms with van der Waals surface area (Å²) in [6.07, 6.45) is 11.4. The molecule has 6 nitrogen and oxygen atoms in total. The summed E-state index contributed by atoms with van der Waals surface area (Å²) in [5, 5.41) is 8.62. The van der Waals surface area contributed by atoms with Crippen molar-refractivity contribution in [1.29, 1.82) is 0 Å². The number of fused-ring (bicyclic) bond motifs is 6. The Hall–Kier alpha value is -1.95. The van der Waals surface area contributed by atoms with Crippen LogP contribution in [0.15, 0.2) is 18.2 Å². The van der Waals surface area contributed by atoms with E-state index in [0.29, 0.717) is 23.7 Å². The van der Waals surface area contributed by atoms with Crippen molar-refractivity contribution in [2.75, 3.05) is 20.8 Å². The predicted octanol–water partition coefficient (Wildman–Crippen LogP) is 5.93. The molecule has 6 heteroatoms. The van der Waals surface area contributed by atoms with Crippen molar-refractivity contribution >= 4 is 16.8 Å². The van der Waals surface area contributed by atoms with Crippen molar-refractivity contribution in [2.24, 2.45) is 46.3 Å². The number of hydrogen-bond acceptors (Lipinski definition) is 5. The molecule has 1 aromatic heterocycles. The zero-order valence-corrected chi connectivity index (χ0v) is 22.5. The number of carbonyl (C=O) groups excluding carboxylic acids is 1. The van der Waals surface area contributed by atoms with E-state index in [9.17, 15) is 4.79 Å². The third-order valence-electron chi connectivity index (χ3n) is 11.5. The van der Waals surface area contributed by atoms with E-state index >= 15 is 0 Å². The molecule has 0 saturated heterocycles. The summed E-state index contributed by atoms with van der Waals surface area (Å²) in [7, 11) is 3.57. The van der Waals surface area contributed by atoms with E-state index in [1.807, 2.05) is 25.3 Å². The summed E-state index contributed by atoms with van der Waals surface area (Å²) in [4.78, 5) is 13.8. The van der Waals surface area contributed by atoms with Gasteiger partial charge < -0.3 is 9.47 Å². The first-order chi connectivity index (χ1) is 17.4. The van der Waals surface area contributed by atoms with Crippen LogP contribution in [0.3, 0.4) is 0 Å². The number of ketones is 1. The monoisotopic (exact) mass is 493 g/mol. The van der Waals surface area contributed by atoms with Crippen molar-refractivity contribution in [2.45, 2.75) is 78.2 Å². The Morgan fingerprint density at radius 2 is 1.94 bits per heavy atom. The Bertz CT molecular complexity index is 1130. The van der Waals surface area contributed by atoms with Gasteiger partial charge in [0.25, 0.3) is 0 Å². The summed E-state index contributed by atoms with van der Waals surface area (Å²) in [6, 6.07) is 5.74. The van der Waals surface area contributed by atoms with Crippen molar-refractivity contribution in [3.8, 4) is 5.75 Å². The molecule has 0 N–H and O–H groups in total. The normalized spacial score (nSPS) is 39.9. The Labute approximate surface area is 215 Å². The Balaban J connectivity index is 1.23. The summed E-state index contributed by atoms with van der Waals surface area (Å²) < 4.78 is 13.1. The second-order valence-electron chi connectivity index (χ2n) is 12.9. The van der Waals surface area contributed by atoms with E-state index in [1.54, 1.807) is 11.8 Å². The van der Waals surface area contributed by atoms with Crippen LogP contribution in [0.25, 0.3) is 11.0 Å². The van der Waals surface area contributed by atoms with Crippen LogP contribution in [0.1, 0.15) is 71.6 Å². The zero-order valence-electron chi connectivity index (χ0n) is 22.5. The van der Waals surface area contributed by atoms with E-state index in [-0.39, 0.29) is 11.3 Å². The molecule has 1 heterocycles. The predicted molar refractivity (Wildman–Crippen MR) is 140 cm³/mol. The zero-order chi connectivity index (χ0) is 25.1. The van der Waals surface area contributed by atoms with Crippen molar-refractivity contribution < 1.29 is 14.3 Å². The number of carbonyl (C=O) groups is 1. The topological polar surface area (TPSA) is 66.2 Å². The summed E-state index contributed by atoms with van der Waals surface area (Å²) in [6.45, 7) is 6.13. The van der Waals surface area contributed by atoms with Gasteiger partial charge in [-0.1, -0.05) is 25.5 Å². The van der Waals surface area contributed by atoms with Gasteiger partial charge in [0.05, 0.1) is 19.2 Å². The first-order valence-corrected chi connectivity index (χ1v) is 14.3. The largest absolute Gasteiger partial charge is 0.497 e. The summed E-state index contributed by atoms with van der Waals surface area (Å²) in [5.74, 6) is 5.07. The van der Waals surface area contributed by atoms with E-state index in [0.717, 1.165) is 53.5 Å². The molecule has 6 rings (SSSR count). The minimum absolute atomic E-state index is 0.107. The number of benzene rings is 1. The van der Waals surface area contributed by atoms with Crippen molar-refractivity contribution in [3.63, 3.8) is 0 Å². The molecule has 4 saturated carbocycles. The van der Waals surface area contributed by atoms with Gasteiger partial charge >= 0.3 is 0 Å². The number of aromatic nitrogens is 3. The van der Waals surface area contributed by atoms with Gasteiger partial charge in [0.1, 0.15) is 17.8 Å². The molecule has 2 aromatic rings. The second kappa shape index (κ2) is 9.11. The third-order valence-corrected chi connectivity index (χ3v) is 11.5. The highest BCUT2D eigenvalue weighted by Gasteiger charge is 2.62. The van der Waals surface area contributed by atoms with Crippen LogP contribution in [0.5, 0.6) is 5.75 Å². The van der Waals surface area contributed by atoms with Crippen LogP contribution in [-0.4, -0.2) is 41.6 Å². The average Bonchev–Trinajstić information content (AvgIpc) is 3.44. The maximum absolute atomic E-state index is 13.8. The fourth-order valence-electron chi connectivity index (χ4n) is 9.79. The van der Waals surface area contributed by atoms with Gasteiger partial charge in [-0.05, 0) is 104 Å². The molecule has 0 bridgehead atoms. The van der Waals surface area contributed by atoms with Crippen LogP contribution in [-0.2, 0) is 16.1 Å². The van der Waals surface area contributed by atoms with Crippen LogP contribution in [0, 0.1) is 46.3 Å². The molecule has 0 aliphatic heterocycles. The lowest BCUT2D eigenvalue weighted by Crippen LogP contribution is -2.56. The summed E-state index contributed by atoms with van der Waals surface area (Å²) >= 11 is 0. The first-order valence-electron chi connectivity index (χ1n) is 14.3. The van der Waals surface area contributed by atoms with E-state index in [1.165, 1.54) is 51.4 Å². The highest BCUT2D eigenvalue weighted by Crippen LogP contribution is 2.68. The van der Waals surface area contributed by atoms with Gasteiger partial charge in [0, 0.05) is 19.1 Å². The van der Waals surface area contributed by atoms with E-state index < -0.39 is 0 Å². The molecule has 8 unspecified atom stereocenters. The molecule has 1 aromatic carbocycles. The van der Waals surface area contributed by atoms with Gasteiger partial charge in [-0.25, -0.2) is 4.68 Å².